The van der Waals surface area contributed by atoms with Crippen LogP contribution in [0.3, 0.4) is 0 Å². The van der Waals surface area contributed by atoms with E-state index >= 15 is 0 Å². The molecule has 3 aromatic rings. The summed E-state index contributed by atoms with van der Waals surface area (Å²) in [7, 11) is -3.52. The normalized spacial score (nSPS) is 17.4. The minimum Gasteiger partial charge on any atom is -0.207 e. The van der Waals surface area contributed by atoms with Crippen LogP contribution in [-0.4, -0.2) is 12.7 Å². The molecule has 4 rings (SSSR count). The predicted molar refractivity (Wildman–Crippen MR) is 107 cm³/mol. The average molecular weight is 384 g/mol. The maximum Gasteiger partial charge on any atom is 0.243 e. The first-order valence-corrected chi connectivity index (χ1v) is 11.0. The molecule has 0 spiro atoms. The first-order valence-electron chi connectivity index (χ1n) is 8.64. The van der Waals surface area contributed by atoms with E-state index < -0.39 is 10.0 Å². The second kappa shape index (κ2) is 6.34. The number of nitrogens with zero attached hydrogens (tertiary/aromatic N) is 1. The SMILES string of the molecule is Cc1ccc(S(=O)(=O)N2Cc3c(C)cc(-c4cccs4)cc3C2C)cc1. The van der Waals surface area contributed by atoms with Gasteiger partial charge in [-0.2, -0.15) is 4.31 Å². The molecule has 0 bridgehead atoms. The van der Waals surface area contributed by atoms with Gasteiger partial charge in [0.25, 0.3) is 0 Å². The van der Waals surface area contributed by atoms with Crippen LogP contribution in [0.5, 0.6) is 0 Å². The molecule has 1 aliphatic heterocycles. The molecule has 5 heteroatoms. The maximum atomic E-state index is 13.2. The van der Waals surface area contributed by atoms with Gasteiger partial charge in [0.2, 0.25) is 10.0 Å². The first kappa shape index (κ1) is 17.5. The highest BCUT2D eigenvalue weighted by Gasteiger charge is 2.37. The monoisotopic (exact) mass is 383 g/mol. The second-order valence-electron chi connectivity index (χ2n) is 6.88. The molecule has 0 aliphatic carbocycles. The Morgan fingerprint density at radius 2 is 1.81 bits per heavy atom. The summed E-state index contributed by atoms with van der Waals surface area (Å²) in [6.07, 6.45) is 0. The van der Waals surface area contributed by atoms with E-state index in [1.807, 2.05) is 32.0 Å². The molecule has 0 saturated heterocycles. The highest BCUT2D eigenvalue weighted by Crippen LogP contribution is 2.41. The minimum atomic E-state index is -3.52. The first-order chi connectivity index (χ1) is 12.4. The third-order valence-corrected chi connectivity index (χ3v) is 7.99. The number of sulfonamides is 1. The molecule has 1 aromatic heterocycles. The van der Waals surface area contributed by atoms with Gasteiger partial charge in [0.05, 0.1) is 4.90 Å². The van der Waals surface area contributed by atoms with Crippen LogP contribution in [0.1, 0.15) is 35.2 Å². The van der Waals surface area contributed by atoms with E-state index in [0.717, 1.165) is 27.8 Å². The Bertz CT molecular complexity index is 1050. The van der Waals surface area contributed by atoms with E-state index in [1.54, 1.807) is 27.8 Å². The van der Waals surface area contributed by atoms with Gasteiger partial charge in [-0.3, -0.25) is 0 Å². The molecule has 2 aromatic carbocycles. The molecule has 3 nitrogen and oxygen atoms in total. The summed E-state index contributed by atoms with van der Waals surface area (Å²) in [5.41, 5.74) is 5.62. The summed E-state index contributed by atoms with van der Waals surface area (Å²) in [5, 5.41) is 2.06. The fraction of sp³-hybridized carbons (Fsp3) is 0.238. The molecule has 26 heavy (non-hydrogen) atoms. The Morgan fingerprint density at radius 3 is 2.46 bits per heavy atom. The maximum absolute atomic E-state index is 13.2. The van der Waals surface area contributed by atoms with Gasteiger partial charge in [-0.1, -0.05) is 29.8 Å². The van der Waals surface area contributed by atoms with Gasteiger partial charge < -0.3 is 0 Å². The van der Waals surface area contributed by atoms with E-state index in [2.05, 4.69) is 30.5 Å². The lowest BCUT2D eigenvalue weighted by molar-refractivity contribution is 0.370. The van der Waals surface area contributed by atoms with Crippen molar-refractivity contribution in [2.24, 2.45) is 0 Å². The lowest BCUT2D eigenvalue weighted by atomic mass is 9.97. The molecular formula is C21H21NO2S2. The van der Waals surface area contributed by atoms with Crippen molar-refractivity contribution in [2.45, 2.75) is 38.3 Å². The van der Waals surface area contributed by atoms with E-state index in [0.29, 0.717) is 11.4 Å². The number of hydrogen-bond acceptors (Lipinski definition) is 3. The quantitative estimate of drug-likeness (QED) is 0.616. The van der Waals surface area contributed by atoms with Crippen LogP contribution in [0, 0.1) is 13.8 Å². The van der Waals surface area contributed by atoms with E-state index in [4.69, 9.17) is 0 Å². The van der Waals surface area contributed by atoms with Crippen LogP contribution in [0.25, 0.3) is 10.4 Å². The zero-order chi connectivity index (χ0) is 18.5. The van der Waals surface area contributed by atoms with Crippen molar-refractivity contribution in [1.82, 2.24) is 4.31 Å². The standard InChI is InChI=1S/C21H21NO2S2/c1-14-6-8-18(9-7-14)26(23,24)22-13-20-15(2)11-17(12-19(20)16(22)3)21-5-4-10-25-21/h4-12,16H,13H2,1-3H3. The Kier molecular flexibility index (Phi) is 4.26. The number of benzene rings is 2. The molecule has 0 radical (unpaired) electrons. The predicted octanol–water partition coefficient (Wildman–Crippen LogP) is 5.30. The molecule has 0 amide bonds. The molecule has 134 valence electrons. The lowest BCUT2D eigenvalue weighted by Crippen LogP contribution is -2.28. The topological polar surface area (TPSA) is 37.4 Å². The van der Waals surface area contributed by atoms with Gasteiger partial charge in [-0.25, -0.2) is 8.42 Å². The Balaban J connectivity index is 1.75. The molecule has 0 N–H and O–H groups in total. The fourth-order valence-electron chi connectivity index (χ4n) is 3.60. The van der Waals surface area contributed by atoms with Crippen LogP contribution < -0.4 is 0 Å². The van der Waals surface area contributed by atoms with Gasteiger partial charge in [0, 0.05) is 17.5 Å². The highest BCUT2D eigenvalue weighted by atomic mass is 32.2. The molecule has 0 saturated carbocycles. The molecular weight excluding hydrogens is 362 g/mol. The minimum absolute atomic E-state index is 0.171. The van der Waals surface area contributed by atoms with Crippen molar-refractivity contribution in [1.29, 1.82) is 0 Å². The number of rotatable bonds is 3. The Morgan fingerprint density at radius 1 is 1.08 bits per heavy atom. The van der Waals surface area contributed by atoms with Gasteiger partial charge in [-0.15, -0.1) is 11.3 Å². The zero-order valence-corrected chi connectivity index (χ0v) is 16.7. The average Bonchev–Trinajstić information content (AvgIpc) is 3.24. The van der Waals surface area contributed by atoms with Crippen molar-refractivity contribution in [3.05, 3.63) is 76.2 Å². The third-order valence-electron chi connectivity index (χ3n) is 5.14. The van der Waals surface area contributed by atoms with Crippen molar-refractivity contribution in [3.63, 3.8) is 0 Å². The van der Waals surface area contributed by atoms with E-state index in [1.165, 1.54) is 4.88 Å². The summed E-state index contributed by atoms with van der Waals surface area (Å²) in [6, 6.07) is 15.4. The summed E-state index contributed by atoms with van der Waals surface area (Å²) >= 11 is 1.70. The smallest absolute Gasteiger partial charge is 0.207 e. The Hall–Kier alpha value is -1.95. The largest absolute Gasteiger partial charge is 0.243 e. The lowest BCUT2D eigenvalue weighted by Gasteiger charge is -2.21. The summed E-state index contributed by atoms with van der Waals surface area (Å²) in [6.45, 7) is 6.45. The van der Waals surface area contributed by atoms with Gasteiger partial charge in [-0.05, 0) is 72.7 Å². The van der Waals surface area contributed by atoms with Crippen LogP contribution in [-0.2, 0) is 16.6 Å². The third kappa shape index (κ3) is 2.80. The summed E-state index contributed by atoms with van der Waals surface area (Å²) in [5.74, 6) is 0. The molecule has 0 fully saturated rings. The fourth-order valence-corrected chi connectivity index (χ4v) is 5.90. The van der Waals surface area contributed by atoms with Crippen molar-refractivity contribution in [2.75, 3.05) is 0 Å². The van der Waals surface area contributed by atoms with Gasteiger partial charge in [0.1, 0.15) is 0 Å². The van der Waals surface area contributed by atoms with E-state index in [9.17, 15) is 8.42 Å². The van der Waals surface area contributed by atoms with Crippen molar-refractivity contribution >= 4 is 21.4 Å². The van der Waals surface area contributed by atoms with Crippen LogP contribution >= 0.6 is 11.3 Å². The molecule has 1 aliphatic rings. The summed E-state index contributed by atoms with van der Waals surface area (Å²) in [4.78, 5) is 1.57. The van der Waals surface area contributed by atoms with Crippen LogP contribution in [0.2, 0.25) is 0 Å². The highest BCUT2D eigenvalue weighted by molar-refractivity contribution is 7.89. The second-order valence-corrected chi connectivity index (χ2v) is 9.72. The number of hydrogen-bond donors (Lipinski definition) is 0. The number of thiophene rings is 1. The van der Waals surface area contributed by atoms with Crippen LogP contribution in [0.15, 0.2) is 58.8 Å². The number of fused-ring (bicyclic) bond motifs is 1. The van der Waals surface area contributed by atoms with Crippen LogP contribution in [0.4, 0.5) is 0 Å². The van der Waals surface area contributed by atoms with Crippen molar-refractivity contribution in [3.8, 4) is 10.4 Å². The zero-order valence-electron chi connectivity index (χ0n) is 15.1. The number of aryl methyl sites for hydroxylation is 2. The van der Waals surface area contributed by atoms with Gasteiger partial charge in [0.15, 0.2) is 0 Å². The molecule has 1 atom stereocenters. The van der Waals surface area contributed by atoms with Crippen molar-refractivity contribution < 1.29 is 8.42 Å². The summed E-state index contributed by atoms with van der Waals surface area (Å²) < 4.78 is 28.0. The molecule has 2 heterocycles. The molecule has 1 unspecified atom stereocenters. The van der Waals surface area contributed by atoms with E-state index in [-0.39, 0.29) is 6.04 Å². The Labute approximate surface area is 159 Å². The van der Waals surface area contributed by atoms with Gasteiger partial charge >= 0.3 is 0 Å².